The Kier molecular flexibility index (Phi) is 6.98. The maximum Gasteiger partial charge on any atom is 0.253 e. The third-order valence-electron chi connectivity index (χ3n) is 6.11. The monoisotopic (exact) mass is 537 g/mol. The predicted molar refractivity (Wildman–Crippen MR) is 147 cm³/mol. The number of nitrogens with two attached hydrogens (primary N) is 1. The molecule has 6 nitrogen and oxygen atoms in total. The number of nitrogens with zero attached hydrogens (tertiary/aromatic N) is 4. The molecule has 1 amide bonds. The summed E-state index contributed by atoms with van der Waals surface area (Å²) in [6, 6.07) is 18.6. The number of halogens is 2. The molecule has 0 aliphatic carbocycles. The zero-order chi connectivity index (χ0) is 26.2. The molecule has 0 saturated heterocycles. The highest BCUT2D eigenvalue weighted by molar-refractivity contribution is 8.15. The van der Waals surface area contributed by atoms with Gasteiger partial charge in [0.2, 0.25) is 5.13 Å². The van der Waals surface area contributed by atoms with Crippen molar-refractivity contribution < 1.29 is 13.6 Å². The van der Waals surface area contributed by atoms with E-state index in [2.05, 4.69) is 0 Å². The summed E-state index contributed by atoms with van der Waals surface area (Å²) in [6.45, 7) is 0.461. The molecule has 0 spiro atoms. The predicted octanol–water partition coefficient (Wildman–Crippen LogP) is 5.78. The Bertz CT molecular complexity index is 1490. The van der Waals surface area contributed by atoms with Gasteiger partial charge in [-0.05, 0) is 61.3 Å². The molecular formula is C27H25F2N5OS2. The Morgan fingerprint density at radius 1 is 1.08 bits per heavy atom. The van der Waals surface area contributed by atoms with Crippen LogP contribution in [0.4, 0.5) is 13.9 Å². The van der Waals surface area contributed by atoms with Crippen molar-refractivity contribution in [1.82, 2.24) is 9.88 Å². The van der Waals surface area contributed by atoms with E-state index in [-0.39, 0.29) is 11.5 Å². The molecule has 0 fully saturated rings. The summed E-state index contributed by atoms with van der Waals surface area (Å²) in [7, 11) is 3.42. The minimum Gasteiger partial charge on any atom is -0.345 e. The SMILES string of the molecule is CN(C)C(=O)c1ccc2nc(N3N=C(c4cc(F)ccc4F)SC3(CCCN)c3ccccc3)sc2c1. The number of aromatic nitrogens is 1. The van der Waals surface area contributed by atoms with Crippen molar-refractivity contribution in [3.63, 3.8) is 0 Å². The maximum absolute atomic E-state index is 14.9. The van der Waals surface area contributed by atoms with E-state index in [1.54, 1.807) is 25.2 Å². The minimum absolute atomic E-state index is 0.0977. The van der Waals surface area contributed by atoms with Crippen LogP contribution in [0.15, 0.2) is 71.8 Å². The van der Waals surface area contributed by atoms with Gasteiger partial charge >= 0.3 is 0 Å². The molecule has 10 heteroatoms. The molecule has 0 saturated carbocycles. The van der Waals surface area contributed by atoms with Gasteiger partial charge in [-0.25, -0.2) is 18.8 Å². The third-order valence-corrected chi connectivity index (χ3v) is 8.55. The number of carbonyl (C=O) groups excluding carboxylic acids is 1. The molecule has 1 aliphatic heterocycles. The fourth-order valence-corrected chi connectivity index (χ4v) is 6.79. The second-order valence-corrected chi connectivity index (χ2v) is 11.1. The Balaban J connectivity index is 1.68. The maximum atomic E-state index is 14.9. The number of thioether (sulfide) groups is 1. The Hall–Kier alpha value is -3.34. The van der Waals surface area contributed by atoms with Crippen molar-refractivity contribution in [3.8, 4) is 0 Å². The normalized spacial score (nSPS) is 17.3. The van der Waals surface area contributed by atoms with Crippen molar-refractivity contribution in [3.05, 3.63) is 95.1 Å². The van der Waals surface area contributed by atoms with Crippen LogP contribution >= 0.6 is 23.1 Å². The number of hydrogen-bond donors (Lipinski definition) is 1. The summed E-state index contributed by atoms with van der Waals surface area (Å²) in [5.41, 5.74) is 8.26. The first-order valence-corrected chi connectivity index (χ1v) is 13.4. The Morgan fingerprint density at radius 3 is 2.59 bits per heavy atom. The van der Waals surface area contributed by atoms with Crippen LogP contribution in [0, 0.1) is 11.6 Å². The van der Waals surface area contributed by atoms with Gasteiger partial charge in [0.25, 0.3) is 5.91 Å². The molecule has 37 heavy (non-hydrogen) atoms. The van der Waals surface area contributed by atoms with Crippen LogP contribution in [0.5, 0.6) is 0 Å². The fraction of sp³-hybridized carbons (Fsp3) is 0.222. The van der Waals surface area contributed by atoms with Crippen molar-refractivity contribution in [2.45, 2.75) is 17.7 Å². The molecule has 3 aromatic carbocycles. The largest absolute Gasteiger partial charge is 0.345 e. The van der Waals surface area contributed by atoms with Gasteiger partial charge in [-0.1, -0.05) is 53.4 Å². The summed E-state index contributed by atoms with van der Waals surface area (Å²) in [4.78, 5) is 18.1. The number of hydrogen-bond acceptors (Lipinski definition) is 7. The van der Waals surface area contributed by atoms with Crippen molar-refractivity contribution in [2.24, 2.45) is 10.8 Å². The molecule has 5 rings (SSSR count). The highest BCUT2D eigenvalue weighted by atomic mass is 32.2. The second-order valence-electron chi connectivity index (χ2n) is 8.86. The molecule has 0 radical (unpaired) electrons. The minimum atomic E-state index is -0.773. The quantitative estimate of drug-likeness (QED) is 0.323. The zero-order valence-electron chi connectivity index (χ0n) is 20.3. The summed E-state index contributed by atoms with van der Waals surface area (Å²) in [5.74, 6) is -1.19. The lowest BCUT2D eigenvalue weighted by atomic mass is 10.0. The number of rotatable bonds is 7. The number of anilines is 1. The average molecular weight is 538 g/mol. The molecule has 2 N–H and O–H groups in total. The first-order valence-electron chi connectivity index (χ1n) is 11.7. The molecule has 4 aromatic rings. The van der Waals surface area contributed by atoms with Gasteiger partial charge in [0, 0.05) is 25.2 Å². The average Bonchev–Trinajstić information content (AvgIpc) is 3.50. The Morgan fingerprint density at radius 2 is 1.86 bits per heavy atom. The number of carbonyl (C=O) groups is 1. The number of amides is 1. The van der Waals surface area contributed by atoms with E-state index in [0.29, 0.717) is 35.1 Å². The van der Waals surface area contributed by atoms with Gasteiger partial charge in [0.1, 0.15) is 21.5 Å². The first kappa shape index (κ1) is 25.3. The van der Waals surface area contributed by atoms with Crippen molar-refractivity contribution in [1.29, 1.82) is 0 Å². The number of fused-ring (bicyclic) bond motifs is 1. The van der Waals surface area contributed by atoms with Gasteiger partial charge in [-0.3, -0.25) is 4.79 Å². The first-order chi connectivity index (χ1) is 17.8. The van der Waals surface area contributed by atoms with Crippen LogP contribution < -0.4 is 10.7 Å². The van der Waals surface area contributed by atoms with Crippen LogP contribution in [0.1, 0.15) is 34.3 Å². The molecule has 2 heterocycles. The van der Waals surface area contributed by atoms with Crippen molar-refractivity contribution in [2.75, 3.05) is 25.6 Å². The van der Waals surface area contributed by atoms with Crippen LogP contribution in [-0.4, -0.2) is 41.5 Å². The van der Waals surface area contributed by atoms with Gasteiger partial charge < -0.3 is 10.6 Å². The standard InChI is InChI=1S/C27H25F2N5OS2/c1-33(2)25(35)17-9-12-22-23(15-17)36-26(31-22)34-27(13-6-14-30,18-7-4-3-5-8-18)37-24(32-34)20-16-19(28)10-11-21(20)29/h3-5,7-12,15-16H,6,13-14,30H2,1-2H3. The number of benzene rings is 3. The molecule has 1 atom stereocenters. The van der Waals surface area contributed by atoms with Gasteiger partial charge in [0.05, 0.1) is 10.2 Å². The lowest BCUT2D eigenvalue weighted by molar-refractivity contribution is 0.0828. The summed E-state index contributed by atoms with van der Waals surface area (Å²) in [5, 5.41) is 7.59. The Labute approximate surface area is 221 Å². The number of thiazole rings is 1. The highest BCUT2D eigenvalue weighted by Crippen LogP contribution is 2.53. The molecule has 1 unspecified atom stereocenters. The zero-order valence-corrected chi connectivity index (χ0v) is 22.0. The van der Waals surface area contributed by atoms with E-state index in [9.17, 15) is 13.6 Å². The van der Waals surface area contributed by atoms with Crippen LogP contribution in [0.25, 0.3) is 10.2 Å². The lowest BCUT2D eigenvalue weighted by Crippen LogP contribution is -2.38. The van der Waals surface area contributed by atoms with E-state index in [1.165, 1.54) is 34.1 Å². The molecular weight excluding hydrogens is 512 g/mol. The molecule has 0 bridgehead atoms. The lowest BCUT2D eigenvalue weighted by Gasteiger charge is -2.35. The van der Waals surface area contributed by atoms with Crippen LogP contribution in [-0.2, 0) is 4.87 Å². The van der Waals surface area contributed by atoms with E-state index >= 15 is 0 Å². The van der Waals surface area contributed by atoms with Crippen molar-refractivity contribution >= 4 is 49.4 Å². The molecule has 1 aromatic heterocycles. The number of hydrazone groups is 1. The van der Waals surface area contributed by atoms with E-state index in [4.69, 9.17) is 15.8 Å². The second kappa shape index (κ2) is 10.2. The molecule has 1 aliphatic rings. The van der Waals surface area contributed by atoms with E-state index in [1.807, 2.05) is 42.5 Å². The highest BCUT2D eigenvalue weighted by Gasteiger charge is 2.47. The van der Waals surface area contributed by atoms with Gasteiger partial charge in [0.15, 0.2) is 0 Å². The van der Waals surface area contributed by atoms with Gasteiger partial charge in [-0.2, -0.15) is 5.10 Å². The summed E-state index contributed by atoms with van der Waals surface area (Å²) < 4.78 is 29.8. The van der Waals surface area contributed by atoms with E-state index < -0.39 is 16.5 Å². The molecule has 190 valence electrons. The summed E-state index contributed by atoms with van der Waals surface area (Å²) in [6.07, 6.45) is 1.28. The smallest absolute Gasteiger partial charge is 0.253 e. The topological polar surface area (TPSA) is 74.8 Å². The van der Waals surface area contributed by atoms with E-state index in [0.717, 1.165) is 27.9 Å². The fourth-order valence-electron chi connectivity index (χ4n) is 4.28. The summed E-state index contributed by atoms with van der Waals surface area (Å²) >= 11 is 2.77. The van der Waals surface area contributed by atoms with Crippen LogP contribution in [0.2, 0.25) is 0 Å². The third kappa shape index (κ3) is 4.72. The van der Waals surface area contributed by atoms with Gasteiger partial charge in [-0.15, -0.1) is 0 Å². The van der Waals surface area contributed by atoms with Crippen LogP contribution in [0.3, 0.4) is 0 Å².